The van der Waals surface area contributed by atoms with Gasteiger partial charge in [-0.3, -0.25) is 0 Å². The molecule has 684 valence electrons. The Balaban J connectivity index is 0.000000107. The van der Waals surface area contributed by atoms with Gasteiger partial charge in [0, 0.05) is 49.0 Å². The van der Waals surface area contributed by atoms with Crippen molar-refractivity contribution in [3.8, 4) is 134 Å². The van der Waals surface area contributed by atoms with Crippen LogP contribution in [0.3, 0.4) is 0 Å². The highest BCUT2D eigenvalue weighted by molar-refractivity contribution is 6.27. The van der Waals surface area contributed by atoms with Crippen LogP contribution >= 0.6 is 0 Å². The number of rotatable bonds is 12. The molecule has 0 saturated heterocycles. The first-order valence-electron chi connectivity index (χ1n) is 50.5. The Labute approximate surface area is 849 Å². The van der Waals surface area contributed by atoms with Crippen molar-refractivity contribution in [2.75, 3.05) is 0 Å². The van der Waals surface area contributed by atoms with Crippen molar-refractivity contribution < 1.29 is 13.3 Å². The first-order chi connectivity index (χ1) is 72.9. The van der Waals surface area contributed by atoms with Gasteiger partial charge < -0.3 is 13.3 Å². The fourth-order valence-corrected chi connectivity index (χ4v) is 23.4. The highest BCUT2D eigenvalue weighted by Gasteiger charge is 2.26. The monoisotopic (exact) mass is 1870 g/mol. The summed E-state index contributed by atoms with van der Waals surface area (Å²) >= 11 is 0. The molecule has 0 fully saturated rings. The molecule has 0 aliphatic rings. The lowest BCUT2D eigenvalue weighted by molar-refractivity contribution is 0.669. The van der Waals surface area contributed by atoms with Gasteiger partial charge in [0.2, 0.25) is 0 Å². The summed E-state index contributed by atoms with van der Waals surface area (Å²) in [5.41, 5.74) is 34.4. The maximum atomic E-state index is 6.55. The van der Waals surface area contributed by atoms with Crippen LogP contribution in [0.5, 0.6) is 0 Å². The largest absolute Gasteiger partial charge is 0.455 e. The predicted molar refractivity (Wildman–Crippen MR) is 624 cm³/mol. The summed E-state index contributed by atoms with van der Waals surface area (Å²) in [6, 6.07) is 197. The van der Waals surface area contributed by atoms with Crippen LogP contribution in [0.15, 0.2) is 559 Å². The Morgan fingerprint density at radius 2 is 0.299 bits per heavy atom. The zero-order valence-corrected chi connectivity index (χ0v) is 80.2. The molecule has 3 nitrogen and oxygen atoms in total. The molecule has 147 heavy (non-hydrogen) atoms. The lowest BCUT2D eigenvalue weighted by Crippen LogP contribution is -1.93. The molecule has 0 atom stereocenters. The molecular formula is C144H90O3. The van der Waals surface area contributed by atoms with Crippen molar-refractivity contribution in [2.24, 2.45) is 0 Å². The Morgan fingerprint density at radius 1 is 0.0952 bits per heavy atom. The second-order valence-electron chi connectivity index (χ2n) is 38.5. The topological polar surface area (TPSA) is 39.4 Å². The third kappa shape index (κ3) is 15.0. The van der Waals surface area contributed by atoms with E-state index in [0.717, 1.165) is 99.2 Å². The van der Waals surface area contributed by atoms with E-state index in [-0.39, 0.29) is 0 Å². The number of para-hydroxylation sites is 6. The first-order valence-corrected chi connectivity index (χ1v) is 50.5. The van der Waals surface area contributed by atoms with Gasteiger partial charge >= 0.3 is 0 Å². The summed E-state index contributed by atoms with van der Waals surface area (Å²) in [5.74, 6) is 0. The van der Waals surface area contributed by atoms with Crippen molar-refractivity contribution in [2.45, 2.75) is 0 Å². The summed E-state index contributed by atoms with van der Waals surface area (Å²) in [4.78, 5) is 0. The van der Waals surface area contributed by atoms with E-state index in [1.54, 1.807) is 0 Å². The number of furan rings is 3. The van der Waals surface area contributed by atoms with E-state index in [1.807, 2.05) is 30.3 Å². The molecule has 3 heterocycles. The quantitative estimate of drug-likeness (QED) is 0.114. The molecule has 0 N–H and O–H groups in total. The molecule has 0 saturated carbocycles. The van der Waals surface area contributed by atoms with Gasteiger partial charge in [-0.05, 0) is 274 Å². The summed E-state index contributed by atoms with van der Waals surface area (Å²) in [6.07, 6.45) is 0. The first kappa shape index (κ1) is 85.6. The SMILES string of the molecule is c1cc(-c2ccc3ccccc3c2)cc(-c2c3ccccc3c(-c3ccc(-c4cccc5c4oc4ccccc45)cc3)c3ccccc23)c1.c1cc(-c2ccc3ccccc3c2)cc(-c2c3ccccc3c(-c3cccc(-c4cccc5c4oc4ccccc45)c3)c3ccccc23)c1.c1cc(-c2ccc3ccccc3c2)cc(-c2c3ccccc3c(-c3ccccc3-c3cccc4c3oc3ccccc34)c3ccccc23)c1. The zero-order chi connectivity index (χ0) is 96.9. The van der Waals surface area contributed by atoms with Crippen LogP contribution in [0, 0.1) is 0 Å². The lowest BCUT2D eigenvalue weighted by atomic mass is 9.83. The Bertz CT molecular complexity index is 10400. The second-order valence-corrected chi connectivity index (χ2v) is 38.5. The molecule has 30 aromatic rings. The van der Waals surface area contributed by atoms with Gasteiger partial charge in [0.15, 0.2) is 0 Å². The Morgan fingerprint density at radius 3 is 0.639 bits per heavy atom. The smallest absolute Gasteiger partial charge is 0.143 e. The molecule has 0 amide bonds. The van der Waals surface area contributed by atoms with Crippen LogP contribution in [-0.2, 0) is 0 Å². The average Bonchev–Trinajstić information content (AvgIpc) is 1.26. The molecule has 0 spiro atoms. The maximum Gasteiger partial charge on any atom is 0.143 e. The van der Waals surface area contributed by atoms with Gasteiger partial charge in [-0.2, -0.15) is 0 Å². The van der Waals surface area contributed by atoms with E-state index in [4.69, 9.17) is 13.3 Å². The van der Waals surface area contributed by atoms with Gasteiger partial charge in [-0.15, -0.1) is 0 Å². The van der Waals surface area contributed by atoms with Gasteiger partial charge in [-0.1, -0.05) is 485 Å². The molecule has 0 unspecified atom stereocenters. The van der Waals surface area contributed by atoms with Crippen molar-refractivity contribution in [1.82, 2.24) is 0 Å². The molecule has 27 aromatic carbocycles. The van der Waals surface area contributed by atoms with Crippen LogP contribution in [0.2, 0.25) is 0 Å². The fourth-order valence-electron chi connectivity index (χ4n) is 23.4. The highest BCUT2D eigenvalue weighted by Crippen LogP contribution is 2.53. The van der Waals surface area contributed by atoms with Crippen molar-refractivity contribution in [3.05, 3.63) is 546 Å². The average molecular weight is 1870 g/mol. The minimum Gasteiger partial charge on any atom is -0.455 e. The fraction of sp³-hybridized carbons (Fsp3) is 0. The molecule has 3 heteroatoms. The van der Waals surface area contributed by atoms with Gasteiger partial charge in [0.25, 0.3) is 0 Å². The molecule has 0 aliphatic carbocycles. The van der Waals surface area contributed by atoms with Crippen LogP contribution in [0.1, 0.15) is 0 Å². The number of hydrogen-bond donors (Lipinski definition) is 0. The van der Waals surface area contributed by atoms with E-state index in [2.05, 4.69) is 516 Å². The van der Waals surface area contributed by atoms with Crippen molar-refractivity contribution in [3.63, 3.8) is 0 Å². The molecule has 3 aromatic heterocycles. The molecule has 0 bridgehead atoms. The predicted octanol–water partition coefficient (Wildman–Crippen LogP) is 41.1. The molecule has 30 rings (SSSR count). The van der Waals surface area contributed by atoms with Crippen LogP contribution in [0.25, 0.3) is 296 Å². The second kappa shape index (κ2) is 36.0. The van der Waals surface area contributed by atoms with Crippen molar-refractivity contribution in [1.29, 1.82) is 0 Å². The van der Waals surface area contributed by atoms with Crippen LogP contribution in [-0.4, -0.2) is 0 Å². The molecule has 0 radical (unpaired) electrons. The van der Waals surface area contributed by atoms with Crippen LogP contribution in [0.4, 0.5) is 0 Å². The zero-order valence-electron chi connectivity index (χ0n) is 80.2. The van der Waals surface area contributed by atoms with Crippen LogP contribution < -0.4 is 0 Å². The highest BCUT2D eigenvalue weighted by atomic mass is 16.3. The van der Waals surface area contributed by atoms with E-state index in [1.165, 1.54) is 197 Å². The van der Waals surface area contributed by atoms with Gasteiger partial charge in [0.1, 0.15) is 33.5 Å². The van der Waals surface area contributed by atoms with E-state index in [0.29, 0.717) is 0 Å². The number of hydrogen-bond acceptors (Lipinski definition) is 3. The third-order valence-electron chi connectivity index (χ3n) is 30.1. The number of benzene rings is 27. The Kier molecular flexibility index (Phi) is 21.0. The summed E-state index contributed by atoms with van der Waals surface area (Å²) in [5, 5.41) is 29.3. The summed E-state index contributed by atoms with van der Waals surface area (Å²) in [6.45, 7) is 0. The standard InChI is InChI=1S/3C48H30O/c1-2-13-32-28-34(27-26-31(32)12-1)33-14-9-16-36(29-33)46-40-19-3-5-21-42(40)47(43-22-6-4-20-41(43)46)37-17-10-15-35(30-37)38-23-11-24-44-39-18-7-8-25-45(39)49-48(38)44;1-2-12-34-29-36(28-23-31(34)11-1)35-13-9-14-37(30-35)47-42-18-5-3-16-40(42)46(41-17-4-6-19-43(41)47)33-26-24-32(25-27-33)38-20-10-21-44-39-15-7-8-22-45(39)49-48(38)44;1-2-14-32-29-34(28-27-31(32)13-1)33-15-11-16-35(30-33)46-39-20-5-7-22-41(39)47(42-23-8-6-21-40(42)46)38-19-4-3-17-36(38)43-24-12-25-44-37-18-9-10-26-45(37)49-48(43)44/h3*1-30H. The normalized spacial score (nSPS) is 11.7. The molecular weight excluding hydrogens is 1780 g/mol. The maximum absolute atomic E-state index is 6.55. The lowest BCUT2D eigenvalue weighted by Gasteiger charge is -2.20. The summed E-state index contributed by atoms with van der Waals surface area (Å²) < 4.78 is 19.4. The van der Waals surface area contributed by atoms with Gasteiger partial charge in [-0.25, -0.2) is 0 Å². The van der Waals surface area contributed by atoms with Gasteiger partial charge in [0.05, 0.1) is 0 Å². The minimum absolute atomic E-state index is 0.911. The van der Waals surface area contributed by atoms with E-state index < -0.39 is 0 Å². The number of fused-ring (bicyclic) bond motifs is 18. The van der Waals surface area contributed by atoms with E-state index in [9.17, 15) is 0 Å². The third-order valence-corrected chi connectivity index (χ3v) is 30.1. The molecule has 0 aliphatic heterocycles. The van der Waals surface area contributed by atoms with Crippen molar-refractivity contribution >= 4 is 163 Å². The minimum atomic E-state index is 0.911. The Hall–Kier alpha value is -19.3. The van der Waals surface area contributed by atoms with E-state index >= 15 is 0 Å². The summed E-state index contributed by atoms with van der Waals surface area (Å²) in [7, 11) is 0.